The Balaban J connectivity index is 2.04. The molecule has 0 saturated carbocycles. The largest absolute Gasteiger partial charge is 0.481 e. The molecule has 2 rings (SSSR count). The van der Waals surface area contributed by atoms with E-state index in [-0.39, 0.29) is 30.2 Å². The summed E-state index contributed by atoms with van der Waals surface area (Å²) >= 11 is 0. The van der Waals surface area contributed by atoms with E-state index in [9.17, 15) is 19.5 Å². The molecule has 0 heterocycles. The fourth-order valence-electron chi connectivity index (χ4n) is 4.75. The molecule has 0 aliphatic heterocycles. The molecule has 6 heteroatoms. The number of carboxylic acids is 1. The summed E-state index contributed by atoms with van der Waals surface area (Å²) in [6.45, 7) is 5.97. The highest BCUT2D eigenvalue weighted by molar-refractivity contribution is 5.90. The van der Waals surface area contributed by atoms with Gasteiger partial charge in [-0.3, -0.25) is 14.4 Å². The number of unbranched alkanes of at least 4 members (excludes halogenated alkanes) is 7. The van der Waals surface area contributed by atoms with Crippen LogP contribution in [0.5, 0.6) is 0 Å². The van der Waals surface area contributed by atoms with Gasteiger partial charge in [0.1, 0.15) is 6.04 Å². The zero-order chi connectivity index (χ0) is 27.8. The molecule has 2 amide bonds. The van der Waals surface area contributed by atoms with Gasteiger partial charge in [-0.05, 0) is 23.5 Å². The predicted molar refractivity (Wildman–Crippen MR) is 153 cm³/mol. The van der Waals surface area contributed by atoms with Crippen molar-refractivity contribution in [3.63, 3.8) is 0 Å². The molecule has 3 N–H and O–H groups in total. The van der Waals surface area contributed by atoms with Crippen molar-refractivity contribution >= 4 is 17.8 Å². The maximum Gasteiger partial charge on any atom is 0.304 e. The third kappa shape index (κ3) is 11.1. The van der Waals surface area contributed by atoms with Crippen LogP contribution in [0.1, 0.15) is 102 Å². The summed E-state index contributed by atoms with van der Waals surface area (Å²) < 4.78 is 0. The molecular weight excluding hydrogens is 476 g/mol. The van der Waals surface area contributed by atoms with Crippen molar-refractivity contribution in [2.45, 2.75) is 97.1 Å². The van der Waals surface area contributed by atoms with Crippen molar-refractivity contribution in [1.82, 2.24) is 10.6 Å². The van der Waals surface area contributed by atoms with Gasteiger partial charge in [-0.25, -0.2) is 0 Å². The van der Waals surface area contributed by atoms with Crippen molar-refractivity contribution in [1.29, 1.82) is 0 Å². The normalized spacial score (nSPS) is 12.8. The first-order valence-corrected chi connectivity index (χ1v) is 14.3. The average Bonchev–Trinajstić information content (AvgIpc) is 2.91. The molecule has 6 nitrogen and oxygen atoms in total. The number of amides is 2. The molecule has 2 aromatic carbocycles. The smallest absolute Gasteiger partial charge is 0.304 e. The van der Waals surface area contributed by atoms with Crippen LogP contribution in [0.15, 0.2) is 60.7 Å². The zero-order valence-electron chi connectivity index (χ0n) is 23.3. The highest BCUT2D eigenvalue weighted by atomic mass is 16.4. The number of carboxylic acid groups (broad SMARTS) is 1. The van der Waals surface area contributed by atoms with Gasteiger partial charge in [0.25, 0.3) is 0 Å². The summed E-state index contributed by atoms with van der Waals surface area (Å²) in [4.78, 5) is 38.2. The van der Waals surface area contributed by atoms with Crippen molar-refractivity contribution < 1.29 is 19.5 Å². The van der Waals surface area contributed by atoms with Crippen LogP contribution in [0.3, 0.4) is 0 Å². The van der Waals surface area contributed by atoms with E-state index < -0.39 is 17.9 Å². The minimum atomic E-state index is -0.997. The van der Waals surface area contributed by atoms with Crippen LogP contribution < -0.4 is 10.6 Å². The molecule has 0 aromatic heterocycles. The Morgan fingerprint density at radius 3 is 1.68 bits per heavy atom. The van der Waals surface area contributed by atoms with Crippen LogP contribution in [0.2, 0.25) is 0 Å². The second-order valence-electron chi connectivity index (χ2n) is 10.6. The lowest BCUT2D eigenvalue weighted by Crippen LogP contribution is -2.52. The van der Waals surface area contributed by atoms with Crippen LogP contribution in [0.25, 0.3) is 0 Å². The maximum absolute atomic E-state index is 13.5. The molecule has 0 bridgehead atoms. The number of carbonyl (C=O) groups is 3. The Morgan fingerprint density at radius 2 is 1.21 bits per heavy atom. The Bertz CT molecular complexity index is 922. The standard InChI is InChI=1S/C32H46N2O4/c1-4-5-6-7-8-9-10-13-22-27(23-28(35)36)31(37)33-29(24(2)3)32(38)34-30(25-18-14-11-15-19-25)26-20-16-12-17-21-26/h11-12,14-21,24,27,29-30H,4-10,13,22-23H2,1-3H3,(H,33,37)(H,34,38)(H,35,36)/t27-,29+/m1/s1. The molecule has 208 valence electrons. The van der Waals surface area contributed by atoms with Gasteiger partial charge in [0.15, 0.2) is 0 Å². The van der Waals surface area contributed by atoms with Crippen LogP contribution in [-0.2, 0) is 14.4 Å². The highest BCUT2D eigenvalue weighted by Crippen LogP contribution is 2.23. The van der Waals surface area contributed by atoms with Crippen molar-refractivity contribution in [3.05, 3.63) is 71.8 Å². The molecular formula is C32H46N2O4. The van der Waals surface area contributed by atoms with E-state index in [1.165, 1.54) is 32.1 Å². The monoisotopic (exact) mass is 522 g/mol. The Hall–Kier alpha value is -3.15. The predicted octanol–water partition coefficient (Wildman–Crippen LogP) is 6.65. The topological polar surface area (TPSA) is 95.5 Å². The molecule has 2 atom stereocenters. The first-order chi connectivity index (χ1) is 18.3. The summed E-state index contributed by atoms with van der Waals surface area (Å²) in [5.74, 6) is -2.46. The van der Waals surface area contributed by atoms with Crippen molar-refractivity contribution in [2.75, 3.05) is 0 Å². The summed E-state index contributed by atoms with van der Waals surface area (Å²) in [6.07, 6.45) is 9.32. The SMILES string of the molecule is CCCCCCCCCC[C@H](CC(=O)O)C(=O)N[C@H](C(=O)NC(c1ccccc1)c1ccccc1)C(C)C. The van der Waals surface area contributed by atoms with E-state index in [1.807, 2.05) is 74.5 Å². The molecule has 38 heavy (non-hydrogen) atoms. The maximum atomic E-state index is 13.5. The minimum Gasteiger partial charge on any atom is -0.481 e. The molecule has 0 radical (unpaired) electrons. The summed E-state index contributed by atoms with van der Waals surface area (Å²) in [5, 5.41) is 15.4. The summed E-state index contributed by atoms with van der Waals surface area (Å²) in [5.41, 5.74) is 1.89. The summed E-state index contributed by atoms with van der Waals surface area (Å²) in [7, 11) is 0. The van der Waals surface area contributed by atoms with Gasteiger partial charge < -0.3 is 15.7 Å². The molecule has 0 unspecified atom stereocenters. The number of hydrogen-bond donors (Lipinski definition) is 3. The van der Waals surface area contributed by atoms with Crippen LogP contribution in [0, 0.1) is 11.8 Å². The first-order valence-electron chi connectivity index (χ1n) is 14.3. The Labute approximate surface area is 228 Å². The molecule has 0 saturated heterocycles. The van der Waals surface area contributed by atoms with E-state index in [0.29, 0.717) is 6.42 Å². The van der Waals surface area contributed by atoms with Gasteiger partial charge in [0.2, 0.25) is 11.8 Å². The third-order valence-electron chi connectivity index (χ3n) is 7.00. The minimum absolute atomic E-state index is 0.167. The van der Waals surface area contributed by atoms with E-state index >= 15 is 0 Å². The number of hydrogen-bond acceptors (Lipinski definition) is 3. The molecule has 0 aliphatic rings. The quantitative estimate of drug-likeness (QED) is 0.191. The van der Waals surface area contributed by atoms with E-state index in [4.69, 9.17) is 0 Å². The van der Waals surface area contributed by atoms with Gasteiger partial charge in [0, 0.05) is 5.92 Å². The number of nitrogens with one attached hydrogen (secondary N) is 2. The van der Waals surface area contributed by atoms with E-state index in [0.717, 1.165) is 30.4 Å². The average molecular weight is 523 g/mol. The van der Waals surface area contributed by atoms with Gasteiger partial charge in [-0.15, -0.1) is 0 Å². The Morgan fingerprint density at radius 1 is 0.711 bits per heavy atom. The fourth-order valence-corrected chi connectivity index (χ4v) is 4.75. The Kier molecular flexibility index (Phi) is 14.2. The fraction of sp³-hybridized carbons (Fsp3) is 0.531. The lowest BCUT2D eigenvalue weighted by Gasteiger charge is -2.27. The summed E-state index contributed by atoms with van der Waals surface area (Å²) in [6, 6.07) is 18.3. The first kappa shape index (κ1) is 31.1. The molecule has 0 spiro atoms. The van der Waals surface area contributed by atoms with Crippen LogP contribution in [-0.4, -0.2) is 28.9 Å². The number of rotatable bonds is 18. The zero-order valence-corrected chi connectivity index (χ0v) is 23.3. The molecule has 0 aliphatic carbocycles. The number of aliphatic carboxylic acids is 1. The molecule has 2 aromatic rings. The second kappa shape index (κ2) is 17.4. The van der Waals surface area contributed by atoms with Gasteiger partial charge >= 0.3 is 5.97 Å². The lowest BCUT2D eigenvalue weighted by molar-refractivity contribution is -0.141. The van der Waals surface area contributed by atoms with E-state index in [1.54, 1.807) is 0 Å². The van der Waals surface area contributed by atoms with E-state index in [2.05, 4.69) is 17.6 Å². The number of benzene rings is 2. The van der Waals surface area contributed by atoms with Crippen molar-refractivity contribution in [2.24, 2.45) is 11.8 Å². The van der Waals surface area contributed by atoms with Gasteiger partial charge in [-0.2, -0.15) is 0 Å². The molecule has 0 fully saturated rings. The van der Waals surface area contributed by atoms with Crippen LogP contribution in [0.4, 0.5) is 0 Å². The second-order valence-corrected chi connectivity index (χ2v) is 10.6. The van der Waals surface area contributed by atoms with Gasteiger partial charge in [-0.1, -0.05) is 133 Å². The van der Waals surface area contributed by atoms with Crippen LogP contribution >= 0.6 is 0 Å². The van der Waals surface area contributed by atoms with Crippen molar-refractivity contribution in [3.8, 4) is 0 Å². The number of carbonyl (C=O) groups excluding carboxylic acids is 2. The van der Waals surface area contributed by atoms with Gasteiger partial charge in [0.05, 0.1) is 12.5 Å². The lowest BCUT2D eigenvalue weighted by atomic mass is 9.94. The highest BCUT2D eigenvalue weighted by Gasteiger charge is 2.30. The third-order valence-corrected chi connectivity index (χ3v) is 7.00.